The van der Waals surface area contributed by atoms with Gasteiger partial charge in [-0.2, -0.15) is 0 Å². The summed E-state index contributed by atoms with van der Waals surface area (Å²) < 4.78 is 11.8. The molecule has 0 atom stereocenters. The first-order valence-corrected chi connectivity index (χ1v) is 8.43. The molecule has 6 heteroatoms. The van der Waals surface area contributed by atoms with E-state index in [1.54, 1.807) is 30.2 Å². The lowest BCUT2D eigenvalue weighted by molar-refractivity contribution is 0.146. The normalized spacial score (nSPS) is 11.0. The summed E-state index contributed by atoms with van der Waals surface area (Å²) >= 11 is 3.29. The van der Waals surface area contributed by atoms with Crippen LogP contribution in [0, 0.1) is 0 Å². The maximum absolute atomic E-state index is 5.79. The number of nitrogens with two attached hydrogens (primary N) is 1. The summed E-state index contributed by atoms with van der Waals surface area (Å²) in [5.41, 5.74) is 6.71. The Morgan fingerprint density at radius 2 is 2.09 bits per heavy atom. The second kappa shape index (κ2) is 7.00. The van der Waals surface area contributed by atoms with Crippen LogP contribution in [0.4, 0.5) is 5.00 Å². The molecule has 0 spiro atoms. The molecule has 1 aromatic carbocycles. The lowest BCUT2D eigenvalue weighted by Crippen LogP contribution is -2.04. The Morgan fingerprint density at radius 1 is 1.18 bits per heavy atom. The number of ether oxygens (including phenoxy) is 2. The van der Waals surface area contributed by atoms with E-state index in [-0.39, 0.29) is 0 Å². The smallest absolute Gasteiger partial charge is 0.121 e. The van der Waals surface area contributed by atoms with Crippen LogP contribution in [0.1, 0.15) is 0 Å². The van der Waals surface area contributed by atoms with E-state index in [4.69, 9.17) is 15.2 Å². The number of fused-ring (bicyclic) bond motifs is 1. The van der Waals surface area contributed by atoms with Crippen LogP contribution >= 0.6 is 23.1 Å². The minimum atomic E-state index is 0.533. The van der Waals surface area contributed by atoms with Crippen molar-refractivity contribution in [3.8, 4) is 5.75 Å². The van der Waals surface area contributed by atoms with Crippen molar-refractivity contribution in [3.05, 3.63) is 42.6 Å². The van der Waals surface area contributed by atoms with Crippen LogP contribution in [-0.4, -0.2) is 25.3 Å². The van der Waals surface area contributed by atoms with E-state index < -0.39 is 0 Å². The highest BCUT2D eigenvalue weighted by atomic mass is 32.2. The molecule has 0 aliphatic rings. The van der Waals surface area contributed by atoms with Gasteiger partial charge in [-0.25, -0.2) is 0 Å². The number of benzene rings is 1. The predicted molar refractivity (Wildman–Crippen MR) is 92.0 cm³/mol. The molecule has 3 rings (SSSR count). The summed E-state index contributed by atoms with van der Waals surface area (Å²) in [4.78, 5) is 5.59. The SMILES string of the molecule is COCCOc1ccc2c(Sc3ccc(N)s3)ccnc2c1. The van der Waals surface area contributed by atoms with E-state index in [1.807, 2.05) is 42.6 Å². The van der Waals surface area contributed by atoms with Gasteiger partial charge in [0.05, 0.1) is 21.3 Å². The Hall–Kier alpha value is -1.76. The fourth-order valence-corrected chi connectivity index (χ4v) is 4.01. The molecule has 3 aromatic rings. The molecule has 2 aromatic heterocycles. The summed E-state index contributed by atoms with van der Waals surface area (Å²) in [6.07, 6.45) is 1.82. The van der Waals surface area contributed by atoms with Gasteiger partial charge in [0, 0.05) is 29.7 Å². The van der Waals surface area contributed by atoms with Crippen LogP contribution < -0.4 is 10.5 Å². The Labute approximate surface area is 137 Å². The third kappa shape index (κ3) is 3.52. The van der Waals surface area contributed by atoms with E-state index in [2.05, 4.69) is 4.98 Å². The lowest BCUT2D eigenvalue weighted by Gasteiger charge is -2.08. The fourth-order valence-electron chi connectivity index (χ4n) is 2.02. The minimum absolute atomic E-state index is 0.533. The molecule has 0 aliphatic carbocycles. The number of rotatable bonds is 6. The molecule has 0 saturated carbocycles. The van der Waals surface area contributed by atoms with Crippen molar-refractivity contribution in [3.63, 3.8) is 0 Å². The molecule has 0 fully saturated rings. The summed E-state index contributed by atoms with van der Waals surface area (Å²) in [6.45, 7) is 1.10. The number of nitrogens with zero attached hydrogens (tertiary/aromatic N) is 1. The first kappa shape index (κ1) is 15.1. The highest BCUT2D eigenvalue weighted by Crippen LogP contribution is 2.38. The summed E-state index contributed by atoms with van der Waals surface area (Å²) in [6, 6.07) is 12.0. The van der Waals surface area contributed by atoms with Crippen LogP contribution in [0.5, 0.6) is 5.75 Å². The summed E-state index contributed by atoms with van der Waals surface area (Å²) in [7, 11) is 1.66. The number of hydrogen-bond acceptors (Lipinski definition) is 6. The third-order valence-electron chi connectivity index (χ3n) is 3.04. The van der Waals surface area contributed by atoms with E-state index in [0.717, 1.165) is 26.5 Å². The second-order valence-corrected chi connectivity index (χ2v) is 7.05. The summed E-state index contributed by atoms with van der Waals surface area (Å²) in [5.74, 6) is 0.805. The third-order valence-corrected chi connectivity index (χ3v) is 5.17. The summed E-state index contributed by atoms with van der Waals surface area (Å²) in [5, 5.41) is 1.94. The number of nitrogen functional groups attached to an aromatic ring is 1. The average Bonchev–Trinajstić information content (AvgIpc) is 2.93. The first-order valence-electron chi connectivity index (χ1n) is 6.80. The lowest BCUT2D eigenvalue weighted by atomic mass is 10.2. The molecule has 2 heterocycles. The van der Waals surface area contributed by atoms with Crippen LogP contribution in [0.2, 0.25) is 0 Å². The van der Waals surface area contributed by atoms with Gasteiger partial charge in [0.1, 0.15) is 12.4 Å². The van der Waals surface area contributed by atoms with E-state index in [0.29, 0.717) is 13.2 Å². The monoisotopic (exact) mass is 332 g/mol. The Bertz CT molecular complexity index is 774. The average molecular weight is 332 g/mol. The molecule has 22 heavy (non-hydrogen) atoms. The van der Waals surface area contributed by atoms with Gasteiger partial charge in [0.2, 0.25) is 0 Å². The Balaban J connectivity index is 1.85. The Morgan fingerprint density at radius 3 is 2.86 bits per heavy atom. The topological polar surface area (TPSA) is 57.4 Å². The molecular formula is C16H16N2O2S2. The zero-order valence-electron chi connectivity index (χ0n) is 12.1. The van der Waals surface area contributed by atoms with E-state index in [1.165, 1.54) is 4.21 Å². The highest BCUT2D eigenvalue weighted by molar-refractivity contribution is 8.01. The number of methoxy groups -OCH3 is 1. The zero-order chi connectivity index (χ0) is 15.4. The molecular weight excluding hydrogens is 316 g/mol. The maximum atomic E-state index is 5.79. The number of pyridine rings is 1. The zero-order valence-corrected chi connectivity index (χ0v) is 13.7. The predicted octanol–water partition coefficient (Wildman–Crippen LogP) is 4.05. The van der Waals surface area contributed by atoms with Crippen molar-refractivity contribution in [2.75, 3.05) is 26.1 Å². The van der Waals surface area contributed by atoms with Gasteiger partial charge in [0.15, 0.2) is 0 Å². The number of aromatic nitrogens is 1. The fraction of sp³-hybridized carbons (Fsp3) is 0.188. The first-order chi connectivity index (χ1) is 10.8. The molecule has 114 valence electrons. The van der Waals surface area contributed by atoms with Crippen molar-refractivity contribution in [1.82, 2.24) is 4.98 Å². The van der Waals surface area contributed by atoms with Gasteiger partial charge >= 0.3 is 0 Å². The van der Waals surface area contributed by atoms with Gasteiger partial charge in [-0.3, -0.25) is 4.98 Å². The maximum Gasteiger partial charge on any atom is 0.121 e. The van der Waals surface area contributed by atoms with Crippen LogP contribution in [0.15, 0.2) is 51.7 Å². The van der Waals surface area contributed by atoms with Crippen molar-refractivity contribution in [2.24, 2.45) is 0 Å². The largest absolute Gasteiger partial charge is 0.491 e. The number of thiophene rings is 1. The van der Waals surface area contributed by atoms with Crippen molar-refractivity contribution in [1.29, 1.82) is 0 Å². The van der Waals surface area contributed by atoms with Crippen LogP contribution in [0.25, 0.3) is 10.9 Å². The minimum Gasteiger partial charge on any atom is -0.491 e. The molecule has 2 N–H and O–H groups in total. The number of anilines is 1. The molecule has 0 saturated heterocycles. The second-order valence-electron chi connectivity index (χ2n) is 4.59. The van der Waals surface area contributed by atoms with Crippen LogP contribution in [-0.2, 0) is 4.74 Å². The highest BCUT2D eigenvalue weighted by Gasteiger charge is 2.07. The molecule has 0 amide bonds. The van der Waals surface area contributed by atoms with Crippen molar-refractivity contribution >= 4 is 39.0 Å². The molecule has 0 bridgehead atoms. The quantitative estimate of drug-likeness (QED) is 0.690. The standard InChI is InChI=1S/C16H16N2O2S2/c1-19-8-9-20-11-2-3-12-13(10-11)18-7-6-14(12)21-16-5-4-15(17)22-16/h2-7,10H,8-9,17H2,1H3. The van der Waals surface area contributed by atoms with Crippen LogP contribution in [0.3, 0.4) is 0 Å². The molecule has 0 unspecified atom stereocenters. The molecule has 0 radical (unpaired) electrons. The molecule has 0 aliphatic heterocycles. The van der Waals surface area contributed by atoms with Gasteiger partial charge in [-0.15, -0.1) is 11.3 Å². The van der Waals surface area contributed by atoms with Crippen molar-refractivity contribution in [2.45, 2.75) is 9.10 Å². The van der Waals surface area contributed by atoms with E-state index in [9.17, 15) is 0 Å². The van der Waals surface area contributed by atoms with Crippen molar-refractivity contribution < 1.29 is 9.47 Å². The Kier molecular flexibility index (Phi) is 4.82. The van der Waals surface area contributed by atoms with Gasteiger partial charge in [0.25, 0.3) is 0 Å². The number of hydrogen-bond donors (Lipinski definition) is 1. The molecule has 4 nitrogen and oxygen atoms in total. The van der Waals surface area contributed by atoms with Gasteiger partial charge in [-0.05, 0) is 30.3 Å². The van der Waals surface area contributed by atoms with Gasteiger partial charge in [-0.1, -0.05) is 11.8 Å². The van der Waals surface area contributed by atoms with E-state index >= 15 is 0 Å². The van der Waals surface area contributed by atoms with Gasteiger partial charge < -0.3 is 15.2 Å².